The second-order valence-electron chi connectivity index (χ2n) is 4.82. The first kappa shape index (κ1) is 14.8. The molecule has 1 aliphatic rings. The Kier molecular flexibility index (Phi) is 6.34. The van der Waals surface area contributed by atoms with Crippen molar-refractivity contribution >= 4 is 11.6 Å². The van der Waals surface area contributed by atoms with Gasteiger partial charge in [-0.15, -0.1) is 0 Å². The van der Waals surface area contributed by atoms with Gasteiger partial charge in [-0.05, 0) is 31.4 Å². The minimum absolute atomic E-state index is 0.295. The molecule has 1 atom stereocenters. The Morgan fingerprint density at radius 1 is 1.40 bits per heavy atom. The van der Waals surface area contributed by atoms with Gasteiger partial charge < -0.3 is 20.5 Å². The van der Waals surface area contributed by atoms with Crippen molar-refractivity contribution in [3.8, 4) is 0 Å². The molecule has 3 N–H and O–H groups in total. The zero-order valence-electron chi connectivity index (χ0n) is 11.8. The third-order valence-corrected chi connectivity index (χ3v) is 3.10. The number of aliphatic imine (C=N–C) groups is 1. The lowest BCUT2D eigenvalue weighted by Crippen LogP contribution is -2.23. The Bertz CT molecular complexity index is 403. The highest BCUT2D eigenvalue weighted by molar-refractivity contribution is 5.92. The molecular formula is C15H23N3O2. The molecule has 1 aliphatic heterocycles. The summed E-state index contributed by atoms with van der Waals surface area (Å²) in [6.07, 6.45) is 3.43. The Morgan fingerprint density at radius 3 is 3.00 bits per heavy atom. The molecule has 0 aliphatic carbocycles. The van der Waals surface area contributed by atoms with Crippen molar-refractivity contribution in [1.82, 2.24) is 0 Å². The quantitative estimate of drug-likeness (QED) is 0.454. The molecule has 5 nitrogen and oxygen atoms in total. The lowest BCUT2D eigenvalue weighted by Gasteiger charge is -2.09. The smallest absolute Gasteiger partial charge is 0.193 e. The summed E-state index contributed by atoms with van der Waals surface area (Å²) >= 11 is 0. The van der Waals surface area contributed by atoms with Gasteiger partial charge >= 0.3 is 0 Å². The molecule has 1 unspecified atom stereocenters. The molecule has 0 radical (unpaired) electrons. The van der Waals surface area contributed by atoms with Gasteiger partial charge in [0.15, 0.2) is 5.96 Å². The Hall–Kier alpha value is -1.59. The molecule has 0 amide bonds. The van der Waals surface area contributed by atoms with E-state index in [0.29, 0.717) is 31.8 Å². The lowest BCUT2D eigenvalue weighted by atomic mass is 10.2. The average molecular weight is 277 g/mol. The van der Waals surface area contributed by atoms with Crippen LogP contribution in [0.5, 0.6) is 0 Å². The minimum Gasteiger partial charge on any atom is -0.379 e. The summed E-state index contributed by atoms with van der Waals surface area (Å²) in [7, 11) is 0. The fourth-order valence-corrected chi connectivity index (χ4v) is 2.07. The van der Waals surface area contributed by atoms with Crippen LogP contribution in [0.1, 0.15) is 19.3 Å². The molecule has 1 saturated heterocycles. The van der Waals surface area contributed by atoms with Gasteiger partial charge in [0.05, 0.1) is 12.7 Å². The first-order valence-electron chi connectivity index (χ1n) is 7.16. The summed E-state index contributed by atoms with van der Waals surface area (Å²) < 4.78 is 11.0. The van der Waals surface area contributed by atoms with Crippen LogP contribution in [0.4, 0.5) is 5.69 Å². The first-order chi connectivity index (χ1) is 9.84. The van der Waals surface area contributed by atoms with Gasteiger partial charge in [0, 0.05) is 25.4 Å². The number of guanidine groups is 1. The van der Waals surface area contributed by atoms with Gasteiger partial charge in [0.25, 0.3) is 0 Å². The summed E-state index contributed by atoms with van der Waals surface area (Å²) in [5, 5.41) is 3.04. The van der Waals surface area contributed by atoms with Crippen LogP contribution < -0.4 is 11.1 Å². The molecule has 0 saturated carbocycles. The SMILES string of the molecule is NC(=NCCCOCC1CCCO1)Nc1ccccc1. The number of nitrogens with zero attached hydrogens (tertiary/aromatic N) is 1. The van der Waals surface area contributed by atoms with Gasteiger partial charge in [-0.25, -0.2) is 0 Å². The molecule has 2 rings (SSSR count). The number of nitrogens with two attached hydrogens (primary N) is 1. The van der Waals surface area contributed by atoms with E-state index in [1.165, 1.54) is 0 Å². The predicted octanol–water partition coefficient (Wildman–Crippen LogP) is 2.00. The number of hydrogen-bond donors (Lipinski definition) is 2. The fraction of sp³-hybridized carbons (Fsp3) is 0.533. The Morgan fingerprint density at radius 2 is 2.25 bits per heavy atom. The van der Waals surface area contributed by atoms with Crippen LogP contribution in [0.2, 0.25) is 0 Å². The van der Waals surface area contributed by atoms with E-state index in [9.17, 15) is 0 Å². The number of benzene rings is 1. The lowest BCUT2D eigenvalue weighted by molar-refractivity contribution is 0.0171. The number of rotatable bonds is 7. The van der Waals surface area contributed by atoms with Crippen molar-refractivity contribution in [2.75, 3.05) is 31.7 Å². The van der Waals surface area contributed by atoms with Gasteiger partial charge in [0.2, 0.25) is 0 Å². The summed E-state index contributed by atoms with van der Waals surface area (Å²) in [4.78, 5) is 4.26. The summed E-state index contributed by atoms with van der Waals surface area (Å²) in [5.74, 6) is 0.440. The molecule has 0 aromatic heterocycles. The molecule has 110 valence electrons. The van der Waals surface area contributed by atoms with Crippen LogP contribution in [0.25, 0.3) is 0 Å². The van der Waals surface area contributed by atoms with E-state index in [4.69, 9.17) is 15.2 Å². The van der Waals surface area contributed by atoms with Crippen LogP contribution in [-0.4, -0.2) is 38.4 Å². The number of para-hydroxylation sites is 1. The Labute approximate surface area is 120 Å². The van der Waals surface area contributed by atoms with Gasteiger partial charge in [0.1, 0.15) is 0 Å². The first-order valence-corrected chi connectivity index (χ1v) is 7.16. The average Bonchev–Trinajstić information content (AvgIpc) is 2.97. The van der Waals surface area contributed by atoms with Crippen LogP contribution in [0.3, 0.4) is 0 Å². The Balaban J connectivity index is 1.53. The molecule has 0 bridgehead atoms. The van der Waals surface area contributed by atoms with Crippen molar-refractivity contribution in [2.45, 2.75) is 25.4 Å². The maximum atomic E-state index is 5.80. The molecule has 1 aromatic rings. The standard InChI is InChI=1S/C15H23N3O2/c16-15(18-13-6-2-1-3-7-13)17-9-5-10-19-12-14-8-4-11-20-14/h1-3,6-7,14H,4-5,8-12H2,(H3,16,17,18). The topological polar surface area (TPSA) is 68.9 Å². The monoisotopic (exact) mass is 277 g/mol. The zero-order chi connectivity index (χ0) is 14.0. The van der Waals surface area contributed by atoms with Crippen LogP contribution in [0.15, 0.2) is 35.3 Å². The van der Waals surface area contributed by atoms with Gasteiger partial charge in [-0.1, -0.05) is 18.2 Å². The normalized spacial score (nSPS) is 19.2. The molecule has 1 fully saturated rings. The molecular weight excluding hydrogens is 254 g/mol. The second kappa shape index (κ2) is 8.55. The number of anilines is 1. The highest BCUT2D eigenvalue weighted by Crippen LogP contribution is 2.11. The third-order valence-electron chi connectivity index (χ3n) is 3.10. The highest BCUT2D eigenvalue weighted by atomic mass is 16.5. The van der Waals surface area contributed by atoms with Crippen molar-refractivity contribution in [3.63, 3.8) is 0 Å². The summed E-state index contributed by atoms with van der Waals surface area (Å²) in [5.41, 5.74) is 6.75. The summed E-state index contributed by atoms with van der Waals surface area (Å²) in [6.45, 7) is 2.93. The highest BCUT2D eigenvalue weighted by Gasteiger charge is 2.14. The maximum absolute atomic E-state index is 5.80. The fourth-order valence-electron chi connectivity index (χ4n) is 2.07. The van der Waals surface area contributed by atoms with E-state index < -0.39 is 0 Å². The maximum Gasteiger partial charge on any atom is 0.193 e. The van der Waals surface area contributed by atoms with Crippen LogP contribution in [0, 0.1) is 0 Å². The van der Waals surface area contributed by atoms with E-state index in [1.54, 1.807) is 0 Å². The van der Waals surface area contributed by atoms with Crippen molar-refractivity contribution in [3.05, 3.63) is 30.3 Å². The number of nitrogens with one attached hydrogen (secondary N) is 1. The van der Waals surface area contributed by atoms with Gasteiger partial charge in [-0.3, -0.25) is 4.99 Å². The number of hydrogen-bond acceptors (Lipinski definition) is 3. The second-order valence-corrected chi connectivity index (χ2v) is 4.82. The minimum atomic E-state index is 0.295. The van der Waals surface area contributed by atoms with E-state index in [-0.39, 0.29) is 0 Å². The van der Waals surface area contributed by atoms with Crippen LogP contribution >= 0.6 is 0 Å². The van der Waals surface area contributed by atoms with Crippen LogP contribution in [-0.2, 0) is 9.47 Å². The van der Waals surface area contributed by atoms with Crippen molar-refractivity contribution < 1.29 is 9.47 Å². The molecule has 1 heterocycles. The predicted molar refractivity (Wildman–Crippen MR) is 81.0 cm³/mol. The largest absolute Gasteiger partial charge is 0.379 e. The third kappa shape index (κ3) is 5.59. The van der Waals surface area contributed by atoms with E-state index in [0.717, 1.165) is 31.6 Å². The van der Waals surface area contributed by atoms with E-state index >= 15 is 0 Å². The molecule has 0 spiro atoms. The van der Waals surface area contributed by atoms with Crippen molar-refractivity contribution in [1.29, 1.82) is 0 Å². The molecule has 1 aromatic carbocycles. The molecule has 20 heavy (non-hydrogen) atoms. The van der Waals surface area contributed by atoms with E-state index in [1.807, 2.05) is 30.3 Å². The number of ether oxygens (including phenoxy) is 2. The molecule has 5 heteroatoms. The van der Waals surface area contributed by atoms with Gasteiger partial charge in [-0.2, -0.15) is 0 Å². The zero-order valence-corrected chi connectivity index (χ0v) is 11.8. The van der Waals surface area contributed by atoms with E-state index in [2.05, 4.69) is 10.3 Å². The van der Waals surface area contributed by atoms with Crippen molar-refractivity contribution in [2.24, 2.45) is 10.7 Å². The summed E-state index contributed by atoms with van der Waals surface area (Å²) in [6, 6.07) is 9.77.